The number of carbonyl (C=O) groups is 2. The van der Waals surface area contributed by atoms with E-state index in [-0.39, 0.29) is 12.8 Å². The van der Waals surface area contributed by atoms with E-state index in [2.05, 4.69) is 30.2 Å². The van der Waals surface area contributed by atoms with Crippen LogP contribution < -0.4 is 10.2 Å². The molecule has 32 heavy (non-hydrogen) atoms. The fourth-order valence-electron chi connectivity index (χ4n) is 3.99. The molecule has 0 radical (unpaired) electrons. The van der Waals surface area contributed by atoms with E-state index in [1.54, 1.807) is 39.4 Å². The van der Waals surface area contributed by atoms with Crippen LogP contribution >= 0.6 is 0 Å². The number of piperidine rings is 1. The molecule has 3 aromatic heterocycles. The Morgan fingerprint density at radius 2 is 1.91 bits per heavy atom. The van der Waals surface area contributed by atoms with E-state index in [9.17, 15) is 14.7 Å². The Labute approximate surface area is 185 Å². The van der Waals surface area contributed by atoms with Gasteiger partial charge in [0.15, 0.2) is 0 Å². The standard InChI is InChI=1S/C22H26N6O4/c1-21(2,3)32-20(31)27-22(19(29)30)5-8-28(9-6-22)16-4-7-25-18-17(16)15(12-26-18)14-10-23-13-24-11-14/h4,7,10-13H,5-6,8-9H2,1-3H3,(H,25,26)(H,27,31)(H,29,30). The number of amides is 1. The molecule has 1 aliphatic rings. The molecule has 1 amide bonds. The molecule has 0 spiro atoms. The number of aromatic amines is 1. The molecule has 10 heteroatoms. The molecule has 0 unspecified atom stereocenters. The predicted octanol–water partition coefficient (Wildman–Crippen LogP) is 2.97. The molecule has 168 valence electrons. The zero-order valence-electron chi connectivity index (χ0n) is 18.3. The normalized spacial score (nSPS) is 16.0. The summed E-state index contributed by atoms with van der Waals surface area (Å²) in [6.07, 6.45) is 8.29. The highest BCUT2D eigenvalue weighted by atomic mass is 16.6. The van der Waals surface area contributed by atoms with Crippen LogP contribution in [0.2, 0.25) is 0 Å². The van der Waals surface area contributed by atoms with Crippen LogP contribution in [0.15, 0.2) is 37.2 Å². The van der Waals surface area contributed by atoms with Crippen LogP contribution in [0.4, 0.5) is 10.5 Å². The molecule has 0 saturated carbocycles. The fraction of sp³-hybridized carbons (Fsp3) is 0.409. The molecule has 0 bridgehead atoms. The third-order valence-electron chi connectivity index (χ3n) is 5.53. The summed E-state index contributed by atoms with van der Waals surface area (Å²) in [6, 6.07) is 1.92. The maximum atomic E-state index is 12.3. The first-order chi connectivity index (χ1) is 15.2. The summed E-state index contributed by atoms with van der Waals surface area (Å²) >= 11 is 0. The van der Waals surface area contributed by atoms with Gasteiger partial charge in [-0.1, -0.05) is 0 Å². The van der Waals surface area contributed by atoms with E-state index in [4.69, 9.17) is 4.74 Å². The Hall–Kier alpha value is -3.69. The second-order valence-electron chi connectivity index (χ2n) is 8.88. The second kappa shape index (κ2) is 8.10. The van der Waals surface area contributed by atoms with Crippen molar-refractivity contribution < 1.29 is 19.4 Å². The first-order valence-corrected chi connectivity index (χ1v) is 10.4. The van der Waals surface area contributed by atoms with Crippen LogP contribution in [-0.2, 0) is 9.53 Å². The monoisotopic (exact) mass is 438 g/mol. The average Bonchev–Trinajstić information content (AvgIpc) is 3.18. The molecule has 4 heterocycles. The maximum Gasteiger partial charge on any atom is 0.408 e. The van der Waals surface area contributed by atoms with Gasteiger partial charge in [0.05, 0.1) is 0 Å². The third kappa shape index (κ3) is 4.20. The van der Waals surface area contributed by atoms with Crippen molar-refractivity contribution in [1.29, 1.82) is 0 Å². The molecular formula is C22H26N6O4. The number of fused-ring (bicyclic) bond motifs is 1. The zero-order valence-corrected chi connectivity index (χ0v) is 18.3. The molecular weight excluding hydrogens is 412 g/mol. The van der Waals surface area contributed by atoms with Crippen molar-refractivity contribution in [3.63, 3.8) is 0 Å². The number of H-pyrrole nitrogens is 1. The van der Waals surface area contributed by atoms with Crippen LogP contribution in [-0.4, -0.2) is 61.3 Å². The molecule has 0 aromatic carbocycles. The molecule has 1 aliphatic heterocycles. The summed E-state index contributed by atoms with van der Waals surface area (Å²) in [5.41, 5.74) is 1.36. The van der Waals surface area contributed by atoms with Gasteiger partial charge in [-0.05, 0) is 39.7 Å². The predicted molar refractivity (Wildman–Crippen MR) is 118 cm³/mol. The molecule has 1 saturated heterocycles. The van der Waals surface area contributed by atoms with Crippen LogP contribution in [0.3, 0.4) is 0 Å². The number of nitrogens with zero attached hydrogens (tertiary/aromatic N) is 4. The number of carboxylic acid groups (broad SMARTS) is 1. The Morgan fingerprint density at radius 3 is 2.53 bits per heavy atom. The lowest BCUT2D eigenvalue weighted by molar-refractivity contribution is -0.145. The van der Waals surface area contributed by atoms with E-state index >= 15 is 0 Å². The number of anilines is 1. The number of carboxylic acids is 1. The van der Waals surface area contributed by atoms with E-state index in [1.807, 2.05) is 12.3 Å². The molecule has 0 aliphatic carbocycles. The average molecular weight is 438 g/mol. The van der Waals surface area contributed by atoms with Crippen LogP contribution in [0.1, 0.15) is 33.6 Å². The quantitative estimate of drug-likeness (QED) is 0.566. The molecule has 4 rings (SSSR count). The summed E-state index contributed by atoms with van der Waals surface area (Å²) in [4.78, 5) is 42.3. The number of ether oxygens (including phenoxy) is 1. The minimum atomic E-state index is -1.38. The molecule has 10 nitrogen and oxygen atoms in total. The number of hydrogen-bond acceptors (Lipinski definition) is 7. The number of rotatable bonds is 4. The smallest absolute Gasteiger partial charge is 0.408 e. The highest BCUT2D eigenvalue weighted by Gasteiger charge is 2.44. The minimum absolute atomic E-state index is 0.236. The van der Waals surface area contributed by atoms with Gasteiger partial charge in [0.2, 0.25) is 0 Å². The number of alkyl carbamates (subject to hydrolysis) is 1. The van der Waals surface area contributed by atoms with E-state index in [1.165, 1.54) is 6.33 Å². The highest BCUT2D eigenvalue weighted by Crippen LogP contribution is 2.36. The topological polar surface area (TPSA) is 133 Å². The van der Waals surface area contributed by atoms with Crippen molar-refractivity contribution in [3.05, 3.63) is 37.2 Å². The Balaban J connectivity index is 1.59. The summed E-state index contributed by atoms with van der Waals surface area (Å²) in [7, 11) is 0. The van der Waals surface area contributed by atoms with Gasteiger partial charge in [-0.2, -0.15) is 0 Å². The van der Waals surface area contributed by atoms with Gasteiger partial charge in [-0.15, -0.1) is 0 Å². The van der Waals surface area contributed by atoms with Gasteiger partial charge >= 0.3 is 12.1 Å². The highest BCUT2D eigenvalue weighted by molar-refractivity contribution is 6.02. The van der Waals surface area contributed by atoms with E-state index < -0.39 is 23.2 Å². The largest absolute Gasteiger partial charge is 0.480 e. The number of pyridine rings is 1. The van der Waals surface area contributed by atoms with Gasteiger partial charge in [-0.25, -0.2) is 24.5 Å². The third-order valence-corrected chi connectivity index (χ3v) is 5.53. The van der Waals surface area contributed by atoms with Crippen LogP contribution in [0, 0.1) is 0 Å². The first-order valence-electron chi connectivity index (χ1n) is 10.4. The number of aromatic nitrogens is 4. The van der Waals surface area contributed by atoms with Gasteiger partial charge < -0.3 is 25.0 Å². The SMILES string of the molecule is CC(C)(C)OC(=O)NC1(C(=O)O)CCN(c2ccnc3[nH]cc(-c4cncnc4)c23)CC1. The summed E-state index contributed by atoms with van der Waals surface area (Å²) in [6.45, 7) is 6.10. The maximum absolute atomic E-state index is 12.3. The van der Waals surface area contributed by atoms with Gasteiger partial charge in [0, 0.05) is 60.1 Å². The van der Waals surface area contributed by atoms with E-state index in [0.29, 0.717) is 13.1 Å². The lowest BCUT2D eigenvalue weighted by atomic mass is 9.87. The van der Waals surface area contributed by atoms with Gasteiger partial charge in [0.1, 0.15) is 23.1 Å². The summed E-state index contributed by atoms with van der Waals surface area (Å²) in [5, 5.41) is 13.4. The number of aliphatic carboxylic acids is 1. The fourth-order valence-corrected chi connectivity index (χ4v) is 3.99. The number of nitrogens with one attached hydrogen (secondary N) is 2. The number of carbonyl (C=O) groups excluding carboxylic acids is 1. The Morgan fingerprint density at radius 1 is 1.22 bits per heavy atom. The lowest BCUT2D eigenvalue weighted by Crippen LogP contribution is -2.60. The first kappa shape index (κ1) is 21.5. The van der Waals surface area contributed by atoms with E-state index in [0.717, 1.165) is 27.8 Å². The number of hydrogen-bond donors (Lipinski definition) is 3. The van der Waals surface area contributed by atoms with Crippen molar-refractivity contribution in [2.45, 2.75) is 44.8 Å². The van der Waals surface area contributed by atoms with Crippen molar-refractivity contribution in [3.8, 4) is 11.1 Å². The molecule has 0 atom stereocenters. The summed E-state index contributed by atoms with van der Waals surface area (Å²) < 4.78 is 5.29. The zero-order chi connectivity index (χ0) is 22.9. The minimum Gasteiger partial charge on any atom is -0.480 e. The van der Waals surface area contributed by atoms with Crippen LogP contribution in [0.25, 0.3) is 22.2 Å². The second-order valence-corrected chi connectivity index (χ2v) is 8.88. The van der Waals surface area contributed by atoms with Gasteiger partial charge in [-0.3, -0.25) is 0 Å². The molecule has 1 fully saturated rings. The van der Waals surface area contributed by atoms with Crippen molar-refractivity contribution in [2.24, 2.45) is 0 Å². The molecule has 3 N–H and O–H groups in total. The Kier molecular flexibility index (Phi) is 5.45. The van der Waals surface area contributed by atoms with Crippen molar-refractivity contribution in [1.82, 2.24) is 25.3 Å². The summed E-state index contributed by atoms with van der Waals surface area (Å²) in [5.74, 6) is -1.06. The lowest BCUT2D eigenvalue weighted by Gasteiger charge is -2.40. The Bertz CT molecular complexity index is 1130. The van der Waals surface area contributed by atoms with Crippen LogP contribution in [0.5, 0.6) is 0 Å². The van der Waals surface area contributed by atoms with Crippen molar-refractivity contribution >= 4 is 28.8 Å². The van der Waals surface area contributed by atoms with Gasteiger partial charge in [0.25, 0.3) is 0 Å². The molecule has 3 aromatic rings. The van der Waals surface area contributed by atoms with Crippen molar-refractivity contribution in [2.75, 3.05) is 18.0 Å².